The zero-order valence-corrected chi connectivity index (χ0v) is 25.9. The molecular formula is C42H35N5. The molecule has 228 valence electrons. The van der Waals surface area contributed by atoms with Crippen LogP contribution in [-0.2, 0) is 0 Å². The Morgan fingerprint density at radius 3 is 1.83 bits per heavy atom. The number of nitrogens with zero attached hydrogens (tertiary/aromatic N) is 1. The monoisotopic (exact) mass is 609 g/mol. The maximum atomic E-state index is 3.86. The normalized spacial score (nSPS) is 19.8. The molecule has 4 N–H and O–H groups in total. The summed E-state index contributed by atoms with van der Waals surface area (Å²) in [4.78, 5) is 0. The lowest BCUT2D eigenvalue weighted by Crippen LogP contribution is -2.60. The Bertz CT molecular complexity index is 2280. The van der Waals surface area contributed by atoms with Crippen molar-refractivity contribution in [2.75, 3.05) is 6.54 Å². The van der Waals surface area contributed by atoms with E-state index < -0.39 is 0 Å². The van der Waals surface area contributed by atoms with Crippen molar-refractivity contribution in [1.82, 2.24) is 25.8 Å². The van der Waals surface area contributed by atoms with Gasteiger partial charge in [-0.15, -0.1) is 0 Å². The lowest BCUT2D eigenvalue weighted by atomic mass is 10.0. The van der Waals surface area contributed by atoms with Gasteiger partial charge in [0, 0.05) is 17.3 Å². The summed E-state index contributed by atoms with van der Waals surface area (Å²) in [5.41, 5.74) is 8.53. The van der Waals surface area contributed by atoms with Crippen LogP contribution in [0.15, 0.2) is 163 Å². The molecule has 0 bridgehead atoms. The molecular weight excluding hydrogens is 574 g/mol. The van der Waals surface area contributed by atoms with Gasteiger partial charge in [-0.05, 0) is 56.8 Å². The summed E-state index contributed by atoms with van der Waals surface area (Å²) in [7, 11) is 0. The van der Waals surface area contributed by atoms with Crippen LogP contribution in [0.1, 0.15) is 23.5 Å². The van der Waals surface area contributed by atoms with E-state index in [1.54, 1.807) is 0 Å². The van der Waals surface area contributed by atoms with Crippen LogP contribution in [0.2, 0.25) is 0 Å². The molecule has 1 aromatic heterocycles. The average Bonchev–Trinajstić information content (AvgIpc) is 3.50. The van der Waals surface area contributed by atoms with Crippen LogP contribution in [0.3, 0.4) is 0 Å². The van der Waals surface area contributed by atoms with Crippen molar-refractivity contribution < 1.29 is 0 Å². The molecule has 2 aliphatic heterocycles. The van der Waals surface area contributed by atoms with Crippen molar-refractivity contribution in [3.05, 3.63) is 174 Å². The first-order chi connectivity index (χ1) is 23.3. The van der Waals surface area contributed by atoms with E-state index in [1.807, 2.05) is 0 Å². The molecule has 9 rings (SSSR count). The minimum absolute atomic E-state index is 0.0156. The molecule has 5 nitrogen and oxygen atoms in total. The van der Waals surface area contributed by atoms with Gasteiger partial charge in [-0.25, -0.2) is 0 Å². The van der Waals surface area contributed by atoms with Crippen LogP contribution in [0.25, 0.3) is 49.5 Å². The molecule has 7 aromatic rings. The second-order valence-electron chi connectivity index (χ2n) is 12.4. The molecule has 1 fully saturated rings. The molecule has 6 aromatic carbocycles. The summed E-state index contributed by atoms with van der Waals surface area (Å²) in [6.45, 7) is 0.721. The Kier molecular flexibility index (Phi) is 6.94. The van der Waals surface area contributed by atoms with Crippen LogP contribution >= 0.6 is 0 Å². The van der Waals surface area contributed by atoms with Crippen molar-refractivity contribution in [1.29, 1.82) is 0 Å². The largest absolute Gasteiger partial charge is 0.367 e. The van der Waals surface area contributed by atoms with Crippen molar-refractivity contribution in [2.24, 2.45) is 0 Å². The molecule has 0 radical (unpaired) electrons. The van der Waals surface area contributed by atoms with E-state index in [9.17, 15) is 0 Å². The van der Waals surface area contributed by atoms with Gasteiger partial charge in [0.05, 0.1) is 29.5 Å². The Morgan fingerprint density at radius 1 is 0.468 bits per heavy atom. The van der Waals surface area contributed by atoms with Crippen LogP contribution in [0.4, 0.5) is 0 Å². The molecule has 0 spiro atoms. The number of para-hydroxylation sites is 1. The fraction of sp³-hybridized carbons (Fsp3) is 0.0952. The van der Waals surface area contributed by atoms with Gasteiger partial charge in [0.2, 0.25) is 0 Å². The number of allylic oxidation sites excluding steroid dienone is 2. The number of hydrogen-bond acceptors (Lipinski definition) is 4. The predicted molar refractivity (Wildman–Crippen MR) is 194 cm³/mol. The Balaban J connectivity index is 1.07. The van der Waals surface area contributed by atoms with E-state index in [0.29, 0.717) is 0 Å². The summed E-state index contributed by atoms with van der Waals surface area (Å²) in [6, 6.07) is 52.0. The summed E-state index contributed by atoms with van der Waals surface area (Å²) in [6.07, 6.45) is 4.42. The fourth-order valence-electron chi connectivity index (χ4n) is 7.23. The van der Waals surface area contributed by atoms with E-state index in [2.05, 4.69) is 184 Å². The first-order valence-corrected chi connectivity index (χ1v) is 16.3. The molecule has 3 atom stereocenters. The van der Waals surface area contributed by atoms with E-state index in [0.717, 1.165) is 12.4 Å². The average molecular weight is 610 g/mol. The molecule has 1 saturated heterocycles. The predicted octanol–water partition coefficient (Wildman–Crippen LogP) is 8.45. The maximum absolute atomic E-state index is 3.86. The molecule has 5 heteroatoms. The zero-order chi connectivity index (χ0) is 31.2. The van der Waals surface area contributed by atoms with E-state index in [4.69, 9.17) is 0 Å². The number of rotatable bonds is 5. The quantitative estimate of drug-likeness (QED) is 0.158. The van der Waals surface area contributed by atoms with Crippen molar-refractivity contribution in [3.63, 3.8) is 0 Å². The lowest BCUT2D eigenvalue weighted by molar-refractivity contribution is 0.220. The number of dihydropyridines is 1. The summed E-state index contributed by atoms with van der Waals surface area (Å²) < 4.78 is 2.37. The highest BCUT2D eigenvalue weighted by Gasteiger charge is 2.31. The number of hydrogen-bond donors (Lipinski definition) is 4. The van der Waals surface area contributed by atoms with Crippen LogP contribution < -0.4 is 21.3 Å². The Morgan fingerprint density at radius 2 is 1.09 bits per heavy atom. The van der Waals surface area contributed by atoms with Gasteiger partial charge in [-0.1, -0.05) is 140 Å². The fourth-order valence-corrected chi connectivity index (χ4v) is 7.23. The smallest absolute Gasteiger partial charge is 0.111 e. The zero-order valence-electron chi connectivity index (χ0n) is 25.9. The highest BCUT2D eigenvalue weighted by atomic mass is 15.4. The van der Waals surface area contributed by atoms with Gasteiger partial charge in [0.25, 0.3) is 0 Å². The highest BCUT2D eigenvalue weighted by Crippen LogP contribution is 2.37. The lowest BCUT2D eigenvalue weighted by Gasteiger charge is -2.41. The number of aromatic nitrogens is 1. The molecule has 0 aliphatic carbocycles. The second-order valence-corrected chi connectivity index (χ2v) is 12.4. The summed E-state index contributed by atoms with van der Waals surface area (Å²) in [5, 5.41) is 20.4. The topological polar surface area (TPSA) is 53.0 Å². The first kappa shape index (κ1) is 27.8. The first-order valence-electron chi connectivity index (χ1n) is 16.3. The van der Waals surface area contributed by atoms with Crippen LogP contribution in [0.5, 0.6) is 0 Å². The minimum Gasteiger partial charge on any atom is -0.367 e. The minimum atomic E-state index is -0.0346. The van der Waals surface area contributed by atoms with Crippen molar-refractivity contribution in [2.45, 2.75) is 18.5 Å². The summed E-state index contributed by atoms with van der Waals surface area (Å²) >= 11 is 0. The third kappa shape index (κ3) is 5.02. The van der Waals surface area contributed by atoms with E-state index in [1.165, 1.54) is 60.4 Å². The highest BCUT2D eigenvalue weighted by molar-refractivity contribution is 6.21. The van der Waals surface area contributed by atoms with Crippen LogP contribution in [-0.4, -0.2) is 17.3 Å². The van der Waals surface area contributed by atoms with Gasteiger partial charge in [0.1, 0.15) is 5.82 Å². The molecule has 3 unspecified atom stereocenters. The van der Waals surface area contributed by atoms with Crippen molar-refractivity contribution in [3.8, 4) is 11.1 Å². The van der Waals surface area contributed by atoms with E-state index in [-0.39, 0.29) is 18.5 Å². The van der Waals surface area contributed by atoms with Gasteiger partial charge in [0.15, 0.2) is 0 Å². The van der Waals surface area contributed by atoms with Gasteiger partial charge >= 0.3 is 0 Å². The number of benzene rings is 6. The molecule has 47 heavy (non-hydrogen) atoms. The molecule has 0 saturated carbocycles. The van der Waals surface area contributed by atoms with Crippen LogP contribution in [0, 0.1) is 0 Å². The van der Waals surface area contributed by atoms with Gasteiger partial charge in [-0.3, -0.25) is 20.5 Å². The molecule has 0 amide bonds. The second kappa shape index (κ2) is 11.7. The standard InChI is InChI=1S/C42H35N5/c1-3-11-28(12-4-1)29-19-21-32(22-20-29)41-44-40(31-14-5-2-6-15-31)45-42(46-41)33-24-26-38(43-27-33)47-36-18-10-9-17-35(36)39-34-16-8-7-13-30(34)23-25-37(39)47/h1-26,40-46H,27H2. The van der Waals surface area contributed by atoms with E-state index >= 15 is 0 Å². The van der Waals surface area contributed by atoms with Crippen molar-refractivity contribution >= 4 is 38.4 Å². The van der Waals surface area contributed by atoms with Gasteiger partial charge < -0.3 is 5.32 Å². The van der Waals surface area contributed by atoms with Gasteiger partial charge in [-0.2, -0.15) is 0 Å². The number of nitrogens with one attached hydrogen (secondary N) is 4. The summed E-state index contributed by atoms with van der Waals surface area (Å²) in [5.74, 6) is 1.08. The number of fused-ring (bicyclic) bond motifs is 5. The molecule has 2 aliphatic rings. The maximum Gasteiger partial charge on any atom is 0.111 e. The molecule has 3 heterocycles. The Hall–Kier alpha value is -5.46. The third-order valence-electron chi connectivity index (χ3n) is 9.59. The Labute approximate surface area is 274 Å². The SMILES string of the molecule is C1=C(C2NC(c3ccccc3)NC(c3ccc(-c4ccccc4)cc3)N2)CNC(n2c3ccccc3c3c4ccccc4ccc32)=C1. The third-order valence-corrected chi connectivity index (χ3v) is 9.59.